The van der Waals surface area contributed by atoms with Crippen molar-refractivity contribution in [1.82, 2.24) is 9.97 Å². The number of fused-ring (bicyclic) bond motifs is 1. The molecule has 0 radical (unpaired) electrons. The van der Waals surface area contributed by atoms with E-state index in [1.807, 2.05) is 0 Å². The third kappa shape index (κ3) is 1.91. The van der Waals surface area contributed by atoms with Gasteiger partial charge in [-0.05, 0) is 38.0 Å². The second-order valence-electron chi connectivity index (χ2n) is 6.07. The third-order valence-corrected chi connectivity index (χ3v) is 3.58. The molecule has 1 aliphatic heterocycles. The maximum Gasteiger partial charge on any atom is 0.0931 e. The molecule has 1 aromatic carbocycles. The van der Waals surface area contributed by atoms with Crippen LogP contribution in [0.3, 0.4) is 0 Å². The molecule has 0 atom stereocenters. The van der Waals surface area contributed by atoms with Crippen LogP contribution in [0.5, 0.6) is 0 Å². The van der Waals surface area contributed by atoms with Gasteiger partial charge in [0.15, 0.2) is 0 Å². The van der Waals surface area contributed by atoms with Crippen LogP contribution >= 0.6 is 0 Å². The summed E-state index contributed by atoms with van der Waals surface area (Å²) in [5, 5.41) is 0. The Morgan fingerprint density at radius 3 is 2.83 bits per heavy atom. The number of aromatic nitrogens is 2. The molecule has 18 heavy (non-hydrogen) atoms. The van der Waals surface area contributed by atoms with Crippen LogP contribution in [-0.2, 0) is 10.2 Å². The van der Waals surface area contributed by atoms with Crippen LogP contribution in [0.25, 0.3) is 11.0 Å². The summed E-state index contributed by atoms with van der Waals surface area (Å²) in [5.41, 5.74) is 9.44. The molecule has 2 heterocycles. The average molecular weight is 245 g/mol. The van der Waals surface area contributed by atoms with Gasteiger partial charge in [-0.1, -0.05) is 6.07 Å². The minimum Gasteiger partial charge on any atom is -0.379 e. The number of nitrogens with zero attached hydrogens (tertiary/aromatic N) is 1. The minimum absolute atomic E-state index is 0.0670. The molecule has 1 aromatic heterocycles. The third-order valence-electron chi connectivity index (χ3n) is 3.58. The Bertz CT molecular complexity index is 564. The first kappa shape index (κ1) is 11.7. The molecule has 0 amide bonds. The molecule has 1 fully saturated rings. The normalized spacial score (nSPS) is 18.8. The maximum atomic E-state index is 6.19. The summed E-state index contributed by atoms with van der Waals surface area (Å²) in [5.74, 6) is 0. The van der Waals surface area contributed by atoms with Crippen molar-refractivity contribution in [3.05, 3.63) is 30.1 Å². The van der Waals surface area contributed by atoms with Crippen LogP contribution in [0.1, 0.15) is 25.8 Å². The smallest absolute Gasteiger partial charge is 0.0931 e. The fraction of sp³-hybridized carbons (Fsp3) is 0.500. The molecule has 1 saturated heterocycles. The van der Waals surface area contributed by atoms with Crippen molar-refractivity contribution < 1.29 is 4.74 Å². The largest absolute Gasteiger partial charge is 0.379 e. The zero-order valence-corrected chi connectivity index (χ0v) is 10.9. The van der Waals surface area contributed by atoms with E-state index >= 15 is 0 Å². The van der Waals surface area contributed by atoms with Crippen LogP contribution in [0.2, 0.25) is 0 Å². The molecule has 0 bridgehead atoms. The monoisotopic (exact) mass is 245 g/mol. The van der Waals surface area contributed by atoms with Crippen LogP contribution in [0.4, 0.5) is 0 Å². The van der Waals surface area contributed by atoms with Gasteiger partial charge in [0.2, 0.25) is 0 Å². The molecule has 4 heteroatoms. The molecule has 0 unspecified atom stereocenters. The molecule has 3 N–H and O–H groups in total. The lowest BCUT2D eigenvalue weighted by Gasteiger charge is -2.45. The zero-order valence-electron chi connectivity index (χ0n) is 10.9. The highest BCUT2D eigenvalue weighted by atomic mass is 16.5. The number of H-pyrrole nitrogens is 1. The Labute approximate surface area is 107 Å². The highest BCUT2D eigenvalue weighted by Gasteiger charge is 2.43. The second kappa shape index (κ2) is 3.80. The SMILES string of the molecule is CC(C)(N)CC1(c2ccc3nc[nH]c3c2)COC1. The van der Waals surface area contributed by atoms with Crippen LogP contribution in [-0.4, -0.2) is 28.7 Å². The van der Waals surface area contributed by atoms with Gasteiger partial charge < -0.3 is 15.5 Å². The number of benzene rings is 1. The summed E-state index contributed by atoms with van der Waals surface area (Å²) in [6, 6.07) is 6.39. The predicted octanol–water partition coefficient (Wildman–Crippen LogP) is 1.96. The molecule has 96 valence electrons. The van der Waals surface area contributed by atoms with E-state index in [9.17, 15) is 0 Å². The van der Waals surface area contributed by atoms with Gasteiger partial charge in [-0.3, -0.25) is 0 Å². The minimum atomic E-state index is -0.188. The summed E-state index contributed by atoms with van der Waals surface area (Å²) in [4.78, 5) is 7.41. The fourth-order valence-electron chi connectivity index (χ4n) is 2.86. The zero-order chi connectivity index (χ0) is 12.8. The molecule has 4 nitrogen and oxygen atoms in total. The average Bonchev–Trinajstić information content (AvgIpc) is 2.69. The van der Waals surface area contributed by atoms with Crippen molar-refractivity contribution in [2.24, 2.45) is 5.73 Å². The number of imidazole rings is 1. The number of nitrogens with one attached hydrogen (secondary N) is 1. The number of ether oxygens (including phenoxy) is 1. The summed E-state index contributed by atoms with van der Waals surface area (Å²) < 4.78 is 5.45. The first-order valence-corrected chi connectivity index (χ1v) is 6.29. The van der Waals surface area contributed by atoms with Crippen molar-refractivity contribution in [2.45, 2.75) is 31.2 Å². The summed E-state index contributed by atoms with van der Waals surface area (Å²) in [6.07, 6.45) is 2.66. The molecule has 2 aromatic rings. The lowest BCUT2D eigenvalue weighted by molar-refractivity contribution is -0.0718. The van der Waals surface area contributed by atoms with E-state index in [1.165, 1.54) is 5.56 Å². The molecule has 3 rings (SSSR count). The van der Waals surface area contributed by atoms with Gasteiger partial charge in [0.25, 0.3) is 0 Å². The molecular formula is C14H19N3O. The van der Waals surface area contributed by atoms with Crippen molar-refractivity contribution in [3.8, 4) is 0 Å². The van der Waals surface area contributed by atoms with E-state index in [4.69, 9.17) is 10.5 Å². The Morgan fingerprint density at radius 2 is 2.22 bits per heavy atom. The lowest BCUT2D eigenvalue weighted by atomic mass is 9.71. The highest BCUT2D eigenvalue weighted by molar-refractivity contribution is 5.75. The van der Waals surface area contributed by atoms with Crippen molar-refractivity contribution in [2.75, 3.05) is 13.2 Å². The molecule has 1 aliphatic rings. The number of rotatable bonds is 3. The summed E-state index contributed by atoms with van der Waals surface area (Å²) in [7, 11) is 0. The van der Waals surface area contributed by atoms with Crippen molar-refractivity contribution in [1.29, 1.82) is 0 Å². The number of aromatic amines is 1. The molecule has 0 saturated carbocycles. The van der Waals surface area contributed by atoms with E-state index in [0.29, 0.717) is 0 Å². The topological polar surface area (TPSA) is 63.9 Å². The van der Waals surface area contributed by atoms with E-state index in [1.54, 1.807) is 6.33 Å². The molecule has 0 spiro atoms. The van der Waals surface area contributed by atoms with Gasteiger partial charge in [-0.15, -0.1) is 0 Å². The molecule has 0 aliphatic carbocycles. The Hall–Kier alpha value is -1.39. The van der Waals surface area contributed by atoms with Gasteiger partial charge in [-0.25, -0.2) is 4.98 Å². The number of nitrogens with two attached hydrogens (primary N) is 1. The lowest BCUT2D eigenvalue weighted by Crippen LogP contribution is -2.53. The standard InChI is InChI=1S/C14H19N3O/c1-13(2,15)6-14(7-18-8-14)10-3-4-11-12(5-10)17-9-16-11/h3-5,9H,6-8,15H2,1-2H3,(H,16,17). The van der Waals surface area contributed by atoms with Crippen LogP contribution in [0.15, 0.2) is 24.5 Å². The van der Waals surface area contributed by atoms with Gasteiger partial charge in [0.05, 0.1) is 30.6 Å². The number of hydrogen-bond acceptors (Lipinski definition) is 3. The van der Waals surface area contributed by atoms with Crippen molar-refractivity contribution >= 4 is 11.0 Å². The van der Waals surface area contributed by atoms with E-state index in [2.05, 4.69) is 42.0 Å². The quantitative estimate of drug-likeness (QED) is 0.868. The van der Waals surface area contributed by atoms with Crippen LogP contribution in [0, 0.1) is 0 Å². The summed E-state index contributed by atoms with van der Waals surface area (Å²) >= 11 is 0. The fourth-order valence-corrected chi connectivity index (χ4v) is 2.86. The Balaban J connectivity index is 2.00. The van der Waals surface area contributed by atoms with Gasteiger partial charge in [0, 0.05) is 11.0 Å². The van der Waals surface area contributed by atoms with E-state index < -0.39 is 0 Å². The van der Waals surface area contributed by atoms with Gasteiger partial charge >= 0.3 is 0 Å². The maximum absolute atomic E-state index is 6.19. The first-order valence-electron chi connectivity index (χ1n) is 6.29. The number of hydrogen-bond donors (Lipinski definition) is 2. The first-order chi connectivity index (χ1) is 8.49. The van der Waals surface area contributed by atoms with E-state index in [-0.39, 0.29) is 11.0 Å². The van der Waals surface area contributed by atoms with Crippen LogP contribution < -0.4 is 5.73 Å². The van der Waals surface area contributed by atoms with E-state index in [0.717, 1.165) is 30.7 Å². The predicted molar refractivity (Wildman–Crippen MR) is 71.5 cm³/mol. The van der Waals surface area contributed by atoms with Crippen molar-refractivity contribution in [3.63, 3.8) is 0 Å². The van der Waals surface area contributed by atoms with Gasteiger partial charge in [-0.2, -0.15) is 0 Å². The summed E-state index contributed by atoms with van der Waals surface area (Å²) in [6.45, 7) is 5.66. The highest BCUT2D eigenvalue weighted by Crippen LogP contribution is 2.39. The Morgan fingerprint density at radius 1 is 1.44 bits per heavy atom. The van der Waals surface area contributed by atoms with Gasteiger partial charge in [0.1, 0.15) is 0 Å². The molecular weight excluding hydrogens is 226 g/mol. The second-order valence-corrected chi connectivity index (χ2v) is 6.07. The Kier molecular flexibility index (Phi) is 2.47.